The molecule has 3 nitrogen and oxygen atoms in total. The highest BCUT2D eigenvalue weighted by Crippen LogP contribution is 2.32. The fraction of sp³-hybridized carbons (Fsp3) is 0.500. The number of ether oxygens (including phenoxy) is 1. The van der Waals surface area contributed by atoms with Crippen molar-refractivity contribution in [1.82, 2.24) is 0 Å². The van der Waals surface area contributed by atoms with Crippen LogP contribution in [0, 0.1) is 5.41 Å². The highest BCUT2D eigenvalue weighted by atomic mass is 79.9. The van der Waals surface area contributed by atoms with Gasteiger partial charge < -0.3 is 9.84 Å². The number of aliphatic carboxylic acids is 1. The topological polar surface area (TPSA) is 46.5 Å². The summed E-state index contributed by atoms with van der Waals surface area (Å²) in [5.41, 5.74) is 1.29. The first-order chi connectivity index (χ1) is 8.31. The summed E-state index contributed by atoms with van der Waals surface area (Å²) in [6.45, 7) is 5.51. The quantitative estimate of drug-likeness (QED) is 0.902. The molecule has 0 atom stereocenters. The molecule has 0 aliphatic rings. The molecule has 0 saturated heterocycles. The van der Waals surface area contributed by atoms with E-state index >= 15 is 0 Å². The lowest BCUT2D eigenvalue weighted by Crippen LogP contribution is -2.26. The van der Waals surface area contributed by atoms with Crippen LogP contribution in [0.2, 0.25) is 0 Å². The molecule has 0 aliphatic carbocycles. The minimum absolute atomic E-state index is 0.473. The zero-order chi connectivity index (χ0) is 13.9. The molecule has 0 bridgehead atoms. The maximum absolute atomic E-state index is 11.1. The summed E-state index contributed by atoms with van der Waals surface area (Å²) in [6.07, 6.45) is 1.34. The highest BCUT2D eigenvalue weighted by molar-refractivity contribution is 9.10. The van der Waals surface area contributed by atoms with Gasteiger partial charge in [-0.25, -0.2) is 0 Å². The highest BCUT2D eigenvalue weighted by Gasteiger charge is 2.27. The van der Waals surface area contributed by atoms with Crippen LogP contribution in [0.25, 0.3) is 0 Å². The van der Waals surface area contributed by atoms with Crippen LogP contribution in [0.5, 0.6) is 5.75 Å². The first kappa shape index (κ1) is 15.0. The maximum Gasteiger partial charge on any atom is 0.309 e. The van der Waals surface area contributed by atoms with E-state index in [9.17, 15) is 4.79 Å². The first-order valence-corrected chi connectivity index (χ1v) is 6.69. The summed E-state index contributed by atoms with van der Waals surface area (Å²) in [6, 6.07) is 3.90. The average molecular weight is 315 g/mol. The summed E-state index contributed by atoms with van der Waals surface area (Å²) >= 11 is 3.52. The van der Waals surface area contributed by atoms with E-state index in [-0.39, 0.29) is 0 Å². The molecule has 4 heteroatoms. The molecule has 1 rings (SSSR count). The molecule has 0 unspecified atom stereocenters. The molecule has 0 radical (unpaired) electrons. The summed E-state index contributed by atoms with van der Waals surface area (Å²) in [5, 5.41) is 9.16. The molecule has 0 heterocycles. The van der Waals surface area contributed by atoms with E-state index in [0.717, 1.165) is 27.8 Å². The summed E-state index contributed by atoms with van der Waals surface area (Å²) in [4.78, 5) is 11.1. The normalized spacial score (nSPS) is 11.4. The Balaban J connectivity index is 3.13. The minimum Gasteiger partial charge on any atom is -0.496 e. The van der Waals surface area contributed by atoms with Crippen molar-refractivity contribution in [3.05, 3.63) is 27.7 Å². The van der Waals surface area contributed by atoms with Gasteiger partial charge in [0.1, 0.15) is 5.75 Å². The number of carbonyl (C=O) groups is 1. The lowest BCUT2D eigenvalue weighted by Gasteiger charge is -2.20. The Morgan fingerprint density at radius 1 is 1.44 bits per heavy atom. The van der Waals surface area contributed by atoms with Gasteiger partial charge in [0, 0.05) is 10.0 Å². The number of benzene rings is 1. The lowest BCUT2D eigenvalue weighted by atomic mass is 9.85. The molecule has 0 amide bonds. The van der Waals surface area contributed by atoms with Gasteiger partial charge in [-0.1, -0.05) is 22.9 Å². The largest absolute Gasteiger partial charge is 0.496 e. The van der Waals surface area contributed by atoms with Crippen LogP contribution < -0.4 is 4.74 Å². The minimum atomic E-state index is -0.794. The Hall–Kier alpha value is -1.03. The van der Waals surface area contributed by atoms with Crippen molar-refractivity contribution in [3.8, 4) is 5.75 Å². The Morgan fingerprint density at radius 2 is 2.06 bits per heavy atom. The van der Waals surface area contributed by atoms with Crippen molar-refractivity contribution in [1.29, 1.82) is 0 Å². The fourth-order valence-electron chi connectivity index (χ4n) is 1.88. The Bertz CT molecular complexity index is 453. The number of hydrogen-bond acceptors (Lipinski definition) is 2. The third-order valence-corrected chi connectivity index (χ3v) is 3.72. The zero-order valence-electron chi connectivity index (χ0n) is 11.2. The number of methoxy groups -OCH3 is 1. The van der Waals surface area contributed by atoms with Crippen LogP contribution in [0.4, 0.5) is 0 Å². The molecule has 18 heavy (non-hydrogen) atoms. The second-order valence-corrected chi connectivity index (χ2v) is 5.83. The molecule has 1 N–H and O–H groups in total. The molecular weight excluding hydrogens is 296 g/mol. The van der Waals surface area contributed by atoms with Crippen molar-refractivity contribution >= 4 is 21.9 Å². The van der Waals surface area contributed by atoms with Crippen LogP contribution in [-0.4, -0.2) is 18.2 Å². The van der Waals surface area contributed by atoms with Crippen LogP contribution >= 0.6 is 15.9 Å². The summed E-state index contributed by atoms with van der Waals surface area (Å²) < 4.78 is 6.33. The van der Waals surface area contributed by atoms with Gasteiger partial charge in [0.2, 0.25) is 0 Å². The molecule has 0 aromatic heterocycles. The molecule has 1 aromatic rings. The van der Waals surface area contributed by atoms with Crippen LogP contribution in [0.3, 0.4) is 0 Å². The SMILES string of the molecule is CCc1c(Br)cc(CC(C)(C)C(=O)O)cc1OC. The van der Waals surface area contributed by atoms with Gasteiger partial charge >= 0.3 is 5.97 Å². The second kappa shape index (κ2) is 5.74. The molecule has 0 aliphatic heterocycles. The fourth-order valence-corrected chi connectivity index (χ4v) is 2.65. The van der Waals surface area contributed by atoms with E-state index in [1.165, 1.54) is 0 Å². The predicted molar refractivity (Wildman–Crippen MR) is 75.2 cm³/mol. The third kappa shape index (κ3) is 3.25. The van der Waals surface area contributed by atoms with Gasteiger partial charge in [0.05, 0.1) is 12.5 Å². The van der Waals surface area contributed by atoms with Crippen LogP contribution in [-0.2, 0) is 17.6 Å². The van der Waals surface area contributed by atoms with Crippen molar-refractivity contribution in [2.45, 2.75) is 33.6 Å². The molecule has 1 aromatic carbocycles. The van der Waals surface area contributed by atoms with E-state index in [2.05, 4.69) is 22.9 Å². The van der Waals surface area contributed by atoms with E-state index in [1.807, 2.05) is 12.1 Å². The third-order valence-electron chi connectivity index (χ3n) is 3.01. The van der Waals surface area contributed by atoms with Gasteiger partial charge in [0.15, 0.2) is 0 Å². The smallest absolute Gasteiger partial charge is 0.309 e. The van der Waals surface area contributed by atoms with Crippen molar-refractivity contribution in [3.63, 3.8) is 0 Å². The summed E-state index contributed by atoms with van der Waals surface area (Å²) in [5.74, 6) is 0.0141. The van der Waals surface area contributed by atoms with Gasteiger partial charge in [0.25, 0.3) is 0 Å². The lowest BCUT2D eigenvalue weighted by molar-refractivity contribution is -0.146. The van der Waals surface area contributed by atoms with Crippen LogP contribution in [0.15, 0.2) is 16.6 Å². The Labute approximate surface area is 116 Å². The van der Waals surface area contributed by atoms with Crippen molar-refractivity contribution in [2.24, 2.45) is 5.41 Å². The summed E-state index contributed by atoms with van der Waals surface area (Å²) in [7, 11) is 1.63. The van der Waals surface area contributed by atoms with Gasteiger partial charge in [-0.2, -0.15) is 0 Å². The standard InChI is InChI=1S/C14H19BrO3/c1-5-10-11(15)6-9(7-12(10)18-4)8-14(2,3)13(16)17/h6-7H,5,8H2,1-4H3,(H,16,17). The van der Waals surface area contributed by atoms with E-state index in [1.54, 1.807) is 21.0 Å². The molecule has 0 saturated carbocycles. The number of rotatable bonds is 5. The van der Waals surface area contributed by atoms with Gasteiger partial charge in [-0.05, 0) is 44.4 Å². The number of carboxylic acid groups (broad SMARTS) is 1. The average Bonchev–Trinajstić information content (AvgIpc) is 2.27. The number of carboxylic acids is 1. The molecule has 0 fully saturated rings. The van der Waals surface area contributed by atoms with Crippen LogP contribution in [0.1, 0.15) is 31.9 Å². The van der Waals surface area contributed by atoms with E-state index < -0.39 is 11.4 Å². The molecular formula is C14H19BrO3. The van der Waals surface area contributed by atoms with E-state index in [4.69, 9.17) is 9.84 Å². The van der Waals surface area contributed by atoms with Crippen molar-refractivity contribution < 1.29 is 14.6 Å². The molecule has 0 spiro atoms. The van der Waals surface area contributed by atoms with Crippen molar-refractivity contribution in [2.75, 3.05) is 7.11 Å². The Morgan fingerprint density at radius 3 is 2.50 bits per heavy atom. The number of halogens is 1. The van der Waals surface area contributed by atoms with Gasteiger partial charge in [-0.15, -0.1) is 0 Å². The van der Waals surface area contributed by atoms with E-state index in [0.29, 0.717) is 6.42 Å². The monoisotopic (exact) mass is 314 g/mol. The first-order valence-electron chi connectivity index (χ1n) is 5.90. The van der Waals surface area contributed by atoms with Gasteiger partial charge in [-0.3, -0.25) is 4.79 Å². The zero-order valence-corrected chi connectivity index (χ0v) is 12.8. The maximum atomic E-state index is 11.1. The second-order valence-electron chi connectivity index (χ2n) is 4.98. The Kier molecular flexibility index (Phi) is 4.79. The molecule has 100 valence electrons. The predicted octanol–water partition coefficient (Wildman–Crippen LogP) is 3.67. The number of hydrogen-bond donors (Lipinski definition) is 1.